The van der Waals surface area contributed by atoms with Crippen LogP contribution in [0.4, 0.5) is 11.4 Å². The first-order chi connectivity index (χ1) is 9.95. The quantitative estimate of drug-likeness (QED) is 0.649. The van der Waals surface area contributed by atoms with E-state index in [4.69, 9.17) is 11.6 Å². The average molecular weight is 305 g/mol. The highest BCUT2D eigenvalue weighted by molar-refractivity contribution is 6.30. The molecule has 0 heterocycles. The lowest BCUT2D eigenvalue weighted by Crippen LogP contribution is -2.18. The predicted octanol–water partition coefficient (Wildman–Crippen LogP) is 4.60. The number of rotatable bonds is 5. The second-order valence-corrected chi connectivity index (χ2v) is 5.59. The van der Waals surface area contributed by atoms with Crippen molar-refractivity contribution in [2.45, 2.75) is 26.3 Å². The maximum absolute atomic E-state index is 11.1. The molecule has 2 aromatic rings. The topological polar surface area (TPSA) is 55.2 Å². The molecule has 0 amide bonds. The van der Waals surface area contributed by atoms with E-state index in [1.54, 1.807) is 12.1 Å². The molecule has 0 fully saturated rings. The minimum atomic E-state index is -0.357. The predicted molar refractivity (Wildman–Crippen MR) is 86.1 cm³/mol. The Morgan fingerprint density at radius 2 is 1.90 bits per heavy atom. The summed E-state index contributed by atoms with van der Waals surface area (Å²) in [5.74, 6) is 0. The van der Waals surface area contributed by atoms with Crippen LogP contribution in [0.3, 0.4) is 0 Å². The highest BCUT2D eigenvalue weighted by Gasteiger charge is 2.15. The van der Waals surface area contributed by atoms with Crippen LogP contribution >= 0.6 is 11.6 Å². The van der Waals surface area contributed by atoms with Crippen LogP contribution < -0.4 is 5.32 Å². The minimum Gasteiger partial charge on any atom is -0.377 e. The first kappa shape index (κ1) is 15.3. The summed E-state index contributed by atoms with van der Waals surface area (Å²) in [6.07, 6.45) is 0.766. The molecule has 0 saturated carbocycles. The Morgan fingerprint density at radius 3 is 2.52 bits per heavy atom. The summed E-state index contributed by atoms with van der Waals surface area (Å²) in [7, 11) is 0. The van der Waals surface area contributed by atoms with Crippen molar-refractivity contribution >= 4 is 23.0 Å². The van der Waals surface area contributed by atoms with Crippen LogP contribution in [0.5, 0.6) is 0 Å². The third-order valence-corrected chi connectivity index (χ3v) is 3.46. The SMILES string of the molecule is Cc1ccc(NC(C)Cc2ccc(Cl)cc2)c([N+](=O)[O-])c1. The summed E-state index contributed by atoms with van der Waals surface area (Å²) < 4.78 is 0. The lowest BCUT2D eigenvalue weighted by Gasteiger charge is -2.15. The summed E-state index contributed by atoms with van der Waals surface area (Å²) in [6, 6.07) is 12.9. The van der Waals surface area contributed by atoms with Gasteiger partial charge in [0.05, 0.1) is 4.92 Å². The number of halogens is 1. The lowest BCUT2D eigenvalue weighted by molar-refractivity contribution is -0.384. The summed E-state index contributed by atoms with van der Waals surface area (Å²) in [5.41, 5.74) is 2.66. The van der Waals surface area contributed by atoms with E-state index in [0.29, 0.717) is 10.7 Å². The summed E-state index contributed by atoms with van der Waals surface area (Å²) in [4.78, 5) is 10.7. The van der Waals surface area contributed by atoms with Gasteiger partial charge >= 0.3 is 0 Å². The Balaban J connectivity index is 2.10. The van der Waals surface area contributed by atoms with Crippen molar-refractivity contribution in [3.05, 3.63) is 68.7 Å². The van der Waals surface area contributed by atoms with Gasteiger partial charge in [0.1, 0.15) is 5.69 Å². The fourth-order valence-corrected chi connectivity index (χ4v) is 2.33. The number of hydrogen-bond acceptors (Lipinski definition) is 3. The van der Waals surface area contributed by atoms with Crippen LogP contribution in [0.2, 0.25) is 5.02 Å². The average Bonchev–Trinajstić information content (AvgIpc) is 2.43. The van der Waals surface area contributed by atoms with Gasteiger partial charge < -0.3 is 5.32 Å². The van der Waals surface area contributed by atoms with Crippen molar-refractivity contribution in [1.29, 1.82) is 0 Å². The van der Waals surface area contributed by atoms with Gasteiger partial charge in [-0.25, -0.2) is 0 Å². The van der Waals surface area contributed by atoms with E-state index in [-0.39, 0.29) is 16.7 Å². The number of nitrogens with one attached hydrogen (secondary N) is 1. The molecular formula is C16H17ClN2O2. The molecule has 0 spiro atoms. The van der Waals surface area contributed by atoms with Gasteiger partial charge in [-0.3, -0.25) is 10.1 Å². The van der Waals surface area contributed by atoms with E-state index in [1.165, 1.54) is 0 Å². The second-order valence-electron chi connectivity index (χ2n) is 5.15. The zero-order valence-electron chi connectivity index (χ0n) is 12.0. The summed E-state index contributed by atoms with van der Waals surface area (Å²) >= 11 is 5.86. The van der Waals surface area contributed by atoms with Crippen LogP contribution in [-0.2, 0) is 6.42 Å². The molecule has 4 nitrogen and oxygen atoms in total. The first-order valence-electron chi connectivity index (χ1n) is 6.71. The van der Waals surface area contributed by atoms with Crippen LogP contribution in [0.15, 0.2) is 42.5 Å². The Kier molecular flexibility index (Phi) is 4.81. The molecule has 0 bridgehead atoms. The second kappa shape index (κ2) is 6.59. The molecule has 0 saturated heterocycles. The van der Waals surface area contributed by atoms with Crippen LogP contribution in [0.1, 0.15) is 18.1 Å². The van der Waals surface area contributed by atoms with Gasteiger partial charge in [0, 0.05) is 17.1 Å². The fourth-order valence-electron chi connectivity index (χ4n) is 2.21. The number of nitro benzene ring substituents is 1. The van der Waals surface area contributed by atoms with Crippen molar-refractivity contribution < 1.29 is 4.92 Å². The molecule has 21 heavy (non-hydrogen) atoms. The molecule has 1 atom stereocenters. The number of nitro groups is 1. The molecule has 2 aromatic carbocycles. The fraction of sp³-hybridized carbons (Fsp3) is 0.250. The maximum Gasteiger partial charge on any atom is 0.292 e. The molecule has 110 valence electrons. The summed E-state index contributed by atoms with van der Waals surface area (Å²) in [5, 5.41) is 15.0. The number of nitrogens with zero attached hydrogens (tertiary/aromatic N) is 1. The summed E-state index contributed by atoms with van der Waals surface area (Å²) in [6.45, 7) is 3.84. The van der Waals surface area contributed by atoms with Crippen molar-refractivity contribution in [1.82, 2.24) is 0 Å². The number of hydrogen-bond donors (Lipinski definition) is 1. The normalized spacial score (nSPS) is 12.0. The maximum atomic E-state index is 11.1. The largest absolute Gasteiger partial charge is 0.377 e. The molecule has 2 rings (SSSR count). The molecule has 1 N–H and O–H groups in total. The Labute approximate surface area is 128 Å². The molecule has 1 unspecified atom stereocenters. The smallest absolute Gasteiger partial charge is 0.292 e. The van der Waals surface area contributed by atoms with E-state index in [9.17, 15) is 10.1 Å². The van der Waals surface area contributed by atoms with Gasteiger partial charge in [0.15, 0.2) is 0 Å². The first-order valence-corrected chi connectivity index (χ1v) is 7.09. The number of anilines is 1. The Hall–Kier alpha value is -2.07. The highest BCUT2D eigenvalue weighted by atomic mass is 35.5. The van der Waals surface area contributed by atoms with Gasteiger partial charge in [-0.1, -0.05) is 29.8 Å². The van der Waals surface area contributed by atoms with Gasteiger partial charge in [0.25, 0.3) is 5.69 Å². The molecule has 0 radical (unpaired) electrons. The van der Waals surface area contributed by atoms with E-state index in [0.717, 1.165) is 17.5 Å². The van der Waals surface area contributed by atoms with E-state index < -0.39 is 0 Å². The molecule has 0 aromatic heterocycles. The third kappa shape index (κ3) is 4.20. The Morgan fingerprint density at radius 1 is 1.24 bits per heavy atom. The van der Waals surface area contributed by atoms with E-state index >= 15 is 0 Å². The molecule has 0 aliphatic rings. The lowest BCUT2D eigenvalue weighted by atomic mass is 10.1. The zero-order chi connectivity index (χ0) is 15.4. The third-order valence-electron chi connectivity index (χ3n) is 3.21. The van der Waals surface area contributed by atoms with Gasteiger partial charge in [-0.05, 0) is 49.6 Å². The highest BCUT2D eigenvalue weighted by Crippen LogP contribution is 2.26. The number of benzene rings is 2. The van der Waals surface area contributed by atoms with Crippen molar-refractivity contribution in [2.24, 2.45) is 0 Å². The van der Waals surface area contributed by atoms with Crippen LogP contribution in [0.25, 0.3) is 0 Å². The van der Waals surface area contributed by atoms with Crippen LogP contribution in [0, 0.1) is 17.0 Å². The van der Waals surface area contributed by atoms with E-state index in [1.807, 2.05) is 44.2 Å². The molecule has 0 aliphatic heterocycles. The van der Waals surface area contributed by atoms with Gasteiger partial charge in [-0.15, -0.1) is 0 Å². The monoisotopic (exact) mass is 304 g/mol. The zero-order valence-corrected chi connectivity index (χ0v) is 12.7. The number of aryl methyl sites for hydroxylation is 1. The van der Waals surface area contributed by atoms with Crippen molar-refractivity contribution in [3.63, 3.8) is 0 Å². The standard InChI is InChI=1S/C16H17ClN2O2/c1-11-3-8-15(16(9-11)19(20)21)18-12(2)10-13-4-6-14(17)7-5-13/h3-9,12,18H,10H2,1-2H3. The van der Waals surface area contributed by atoms with Crippen molar-refractivity contribution in [3.8, 4) is 0 Å². The van der Waals surface area contributed by atoms with Gasteiger partial charge in [0.2, 0.25) is 0 Å². The molecular weight excluding hydrogens is 288 g/mol. The van der Waals surface area contributed by atoms with Crippen LogP contribution in [-0.4, -0.2) is 11.0 Å². The van der Waals surface area contributed by atoms with E-state index in [2.05, 4.69) is 5.32 Å². The minimum absolute atomic E-state index is 0.0765. The van der Waals surface area contributed by atoms with Crippen molar-refractivity contribution in [2.75, 3.05) is 5.32 Å². The van der Waals surface area contributed by atoms with Gasteiger partial charge in [-0.2, -0.15) is 0 Å². The molecule has 5 heteroatoms. The Bertz CT molecular complexity index is 641. The molecule has 0 aliphatic carbocycles.